The summed E-state index contributed by atoms with van der Waals surface area (Å²) in [5.41, 5.74) is 0.223. The smallest absolute Gasteiger partial charge is 0.357 e. The molecule has 0 radical (unpaired) electrons. The second-order valence-corrected chi connectivity index (χ2v) is 6.84. The van der Waals surface area contributed by atoms with Gasteiger partial charge in [-0.1, -0.05) is 6.07 Å². The van der Waals surface area contributed by atoms with E-state index in [2.05, 4.69) is 5.32 Å². The van der Waals surface area contributed by atoms with Crippen molar-refractivity contribution in [2.75, 3.05) is 18.7 Å². The van der Waals surface area contributed by atoms with Crippen LogP contribution < -0.4 is 14.8 Å². The van der Waals surface area contributed by atoms with Crippen LogP contribution in [0.2, 0.25) is 0 Å². The maximum Gasteiger partial charge on any atom is 0.357 e. The number of nitrogens with zero attached hydrogens (tertiary/aromatic N) is 1. The molecule has 3 aromatic rings. The summed E-state index contributed by atoms with van der Waals surface area (Å²) in [7, 11) is 1.57. The third-order valence-electron chi connectivity index (χ3n) is 4.85. The van der Waals surface area contributed by atoms with Crippen molar-refractivity contribution in [3.05, 3.63) is 65.2 Å². The molecule has 0 fully saturated rings. The van der Waals surface area contributed by atoms with Crippen molar-refractivity contribution in [2.45, 2.75) is 6.92 Å². The van der Waals surface area contributed by atoms with Crippen LogP contribution >= 0.6 is 0 Å². The van der Waals surface area contributed by atoms with Crippen LogP contribution in [0.3, 0.4) is 0 Å². The van der Waals surface area contributed by atoms with Gasteiger partial charge in [-0.3, -0.25) is 4.79 Å². The summed E-state index contributed by atoms with van der Waals surface area (Å²) >= 11 is 0. The number of anilines is 1. The van der Waals surface area contributed by atoms with E-state index in [1.807, 2.05) is 0 Å². The molecule has 1 N–H and O–H groups in total. The zero-order chi connectivity index (χ0) is 23.0. The van der Waals surface area contributed by atoms with Crippen molar-refractivity contribution in [1.82, 2.24) is 4.57 Å². The Labute approximate surface area is 180 Å². The number of nitrogens with one attached hydrogen (secondary N) is 1. The predicted molar refractivity (Wildman–Crippen MR) is 107 cm³/mol. The quantitative estimate of drug-likeness (QED) is 0.468. The van der Waals surface area contributed by atoms with Gasteiger partial charge >= 0.3 is 5.97 Å². The largest absolute Gasteiger partial charge is 0.461 e. The number of fused-ring (bicyclic) bond motifs is 1. The molecule has 4 rings (SSSR count). The van der Waals surface area contributed by atoms with Gasteiger partial charge in [0.15, 0.2) is 34.6 Å². The van der Waals surface area contributed by atoms with Gasteiger partial charge in [-0.15, -0.1) is 0 Å². The topological polar surface area (TPSA) is 78.8 Å². The van der Waals surface area contributed by atoms with E-state index < -0.39 is 34.9 Å². The van der Waals surface area contributed by atoms with Crippen LogP contribution in [-0.2, 0) is 11.8 Å². The number of rotatable bonds is 5. The predicted octanol–water partition coefficient (Wildman–Crippen LogP) is 4.27. The molecule has 0 spiro atoms. The van der Waals surface area contributed by atoms with Gasteiger partial charge in [0.1, 0.15) is 0 Å². The summed E-state index contributed by atoms with van der Waals surface area (Å²) in [5, 5.41) is 2.45. The maximum absolute atomic E-state index is 14.2. The Balaban J connectivity index is 1.81. The minimum atomic E-state index is -1.77. The van der Waals surface area contributed by atoms with Crippen LogP contribution in [-0.4, -0.2) is 29.8 Å². The van der Waals surface area contributed by atoms with E-state index in [9.17, 15) is 22.8 Å². The Morgan fingerprint density at radius 3 is 2.59 bits per heavy atom. The van der Waals surface area contributed by atoms with E-state index in [1.165, 1.54) is 4.57 Å². The first-order valence-electron chi connectivity index (χ1n) is 9.53. The van der Waals surface area contributed by atoms with Gasteiger partial charge in [0.05, 0.1) is 17.9 Å². The van der Waals surface area contributed by atoms with Crippen LogP contribution in [0.15, 0.2) is 36.5 Å². The summed E-state index contributed by atoms with van der Waals surface area (Å²) in [4.78, 5) is 25.3. The highest BCUT2D eigenvalue weighted by atomic mass is 19.2. The second-order valence-electron chi connectivity index (χ2n) is 6.84. The van der Waals surface area contributed by atoms with Crippen LogP contribution in [0.5, 0.6) is 11.5 Å². The van der Waals surface area contributed by atoms with Crippen molar-refractivity contribution < 1.29 is 37.0 Å². The molecule has 1 aromatic heterocycles. The number of halogens is 3. The van der Waals surface area contributed by atoms with Gasteiger partial charge in [0, 0.05) is 18.8 Å². The molecule has 166 valence electrons. The van der Waals surface area contributed by atoms with E-state index in [0.29, 0.717) is 28.7 Å². The highest BCUT2D eigenvalue weighted by Gasteiger charge is 2.27. The monoisotopic (exact) mass is 446 g/mol. The Bertz CT molecular complexity index is 1240. The maximum atomic E-state index is 14.2. The van der Waals surface area contributed by atoms with Gasteiger partial charge in [-0.2, -0.15) is 0 Å². The lowest BCUT2D eigenvalue weighted by molar-refractivity contribution is 0.0516. The SMILES string of the molecule is CCOC(=O)c1c(NC(=O)c2ccc(F)c(F)c2F)c(-c2ccc3c(c2)OCO3)cn1C. The Kier molecular flexibility index (Phi) is 5.52. The van der Waals surface area contributed by atoms with Crippen molar-refractivity contribution in [3.63, 3.8) is 0 Å². The number of aromatic nitrogens is 1. The summed E-state index contributed by atoms with van der Waals surface area (Å²) in [6, 6.07) is 6.46. The third-order valence-corrected chi connectivity index (χ3v) is 4.85. The molecule has 1 aliphatic rings. The molecule has 10 heteroatoms. The lowest BCUT2D eigenvalue weighted by atomic mass is 10.1. The lowest BCUT2D eigenvalue weighted by Gasteiger charge is -2.12. The molecule has 7 nitrogen and oxygen atoms in total. The summed E-state index contributed by atoms with van der Waals surface area (Å²) in [5.74, 6) is -5.64. The third kappa shape index (κ3) is 3.64. The van der Waals surface area contributed by atoms with E-state index in [0.717, 1.165) is 6.07 Å². The van der Waals surface area contributed by atoms with Gasteiger partial charge in [0.2, 0.25) is 6.79 Å². The molecule has 0 saturated heterocycles. The highest BCUT2D eigenvalue weighted by Crippen LogP contribution is 2.40. The molecular formula is C22H17F3N2O5. The van der Waals surface area contributed by atoms with Crippen molar-refractivity contribution in [1.29, 1.82) is 0 Å². The van der Waals surface area contributed by atoms with Gasteiger partial charge in [-0.05, 0) is 36.8 Å². The Hall–Kier alpha value is -3.95. The second kappa shape index (κ2) is 8.29. The molecule has 0 saturated carbocycles. The minimum absolute atomic E-state index is 0.0129. The molecule has 0 unspecified atom stereocenters. The van der Waals surface area contributed by atoms with E-state index in [-0.39, 0.29) is 24.8 Å². The molecule has 2 aromatic carbocycles. The van der Waals surface area contributed by atoms with E-state index >= 15 is 0 Å². The number of carbonyl (C=O) groups is 2. The van der Waals surface area contributed by atoms with Gasteiger partial charge in [0.25, 0.3) is 5.91 Å². The molecular weight excluding hydrogens is 429 g/mol. The zero-order valence-electron chi connectivity index (χ0n) is 17.0. The minimum Gasteiger partial charge on any atom is -0.461 e. The fourth-order valence-electron chi connectivity index (χ4n) is 3.36. The Morgan fingerprint density at radius 1 is 1.09 bits per heavy atom. The lowest BCUT2D eigenvalue weighted by Crippen LogP contribution is -2.19. The van der Waals surface area contributed by atoms with Crippen LogP contribution in [0.25, 0.3) is 11.1 Å². The molecule has 1 amide bonds. The number of amides is 1. The fraction of sp³-hybridized carbons (Fsp3) is 0.182. The number of esters is 1. The molecule has 0 atom stereocenters. The summed E-state index contributed by atoms with van der Waals surface area (Å²) < 4.78 is 58.3. The number of benzene rings is 2. The van der Waals surface area contributed by atoms with Crippen LogP contribution in [0.1, 0.15) is 27.8 Å². The van der Waals surface area contributed by atoms with Crippen molar-refractivity contribution >= 4 is 17.6 Å². The molecule has 0 aliphatic carbocycles. The molecule has 0 bridgehead atoms. The summed E-state index contributed by atoms with van der Waals surface area (Å²) in [6.45, 7) is 1.75. The highest BCUT2D eigenvalue weighted by molar-refractivity contribution is 6.11. The van der Waals surface area contributed by atoms with Gasteiger partial charge < -0.3 is 24.1 Å². The van der Waals surface area contributed by atoms with Crippen LogP contribution in [0.4, 0.5) is 18.9 Å². The van der Waals surface area contributed by atoms with E-state index in [4.69, 9.17) is 14.2 Å². The van der Waals surface area contributed by atoms with E-state index in [1.54, 1.807) is 38.4 Å². The van der Waals surface area contributed by atoms with Crippen molar-refractivity contribution in [3.8, 4) is 22.6 Å². The first-order valence-corrected chi connectivity index (χ1v) is 9.53. The number of hydrogen-bond donors (Lipinski definition) is 1. The zero-order valence-corrected chi connectivity index (χ0v) is 17.0. The molecule has 1 aliphatic heterocycles. The number of hydrogen-bond acceptors (Lipinski definition) is 5. The summed E-state index contributed by atoms with van der Waals surface area (Å²) in [6.07, 6.45) is 1.57. The first kappa shape index (κ1) is 21.3. The Morgan fingerprint density at radius 2 is 1.84 bits per heavy atom. The first-order chi connectivity index (χ1) is 15.3. The average molecular weight is 446 g/mol. The van der Waals surface area contributed by atoms with Gasteiger partial charge in [-0.25, -0.2) is 18.0 Å². The average Bonchev–Trinajstić information content (AvgIpc) is 3.35. The number of carbonyl (C=O) groups excluding carboxylic acids is 2. The number of ether oxygens (including phenoxy) is 3. The normalized spacial score (nSPS) is 12.0. The molecule has 32 heavy (non-hydrogen) atoms. The fourth-order valence-corrected chi connectivity index (χ4v) is 3.36. The van der Waals surface area contributed by atoms with Crippen LogP contribution in [0, 0.1) is 17.5 Å². The standard InChI is InChI=1S/C22H17F3N2O5/c1-3-30-22(29)20-19(26-21(28)12-5-6-14(23)18(25)17(12)24)13(9-27(20)2)11-4-7-15-16(8-11)32-10-31-15/h4-9H,3,10H2,1-2H3,(H,26,28). The molecule has 2 heterocycles. The number of aryl methyl sites for hydroxylation is 1. The van der Waals surface area contributed by atoms with Crippen molar-refractivity contribution in [2.24, 2.45) is 7.05 Å².